The van der Waals surface area contributed by atoms with E-state index in [0.29, 0.717) is 5.82 Å². The van der Waals surface area contributed by atoms with Crippen molar-refractivity contribution in [2.45, 2.75) is 12.8 Å². The van der Waals surface area contributed by atoms with Crippen molar-refractivity contribution in [3.8, 4) is 0 Å². The number of aliphatic carboxylic acids is 1. The molecule has 0 spiro atoms. The summed E-state index contributed by atoms with van der Waals surface area (Å²) < 4.78 is 1.18. The minimum absolute atomic E-state index is 0.0332. The molecule has 0 aliphatic rings. The molecule has 2 heterocycles. The summed E-state index contributed by atoms with van der Waals surface area (Å²) in [5.41, 5.74) is -0.269. The molecule has 0 aliphatic heterocycles. The molecule has 0 aromatic carbocycles. The summed E-state index contributed by atoms with van der Waals surface area (Å²) in [6, 6.07) is 1.30. The topological polar surface area (TPSA) is 100 Å². The Morgan fingerprint density at radius 3 is 3.07 bits per heavy atom. The van der Waals surface area contributed by atoms with Crippen molar-refractivity contribution >= 4 is 11.7 Å². The maximum absolute atomic E-state index is 11.3. The van der Waals surface area contributed by atoms with Crippen molar-refractivity contribution < 1.29 is 9.90 Å². The number of rotatable bonds is 3. The summed E-state index contributed by atoms with van der Waals surface area (Å²) in [7, 11) is 0. The number of hydrogen-bond acceptors (Lipinski definition) is 4. The van der Waals surface area contributed by atoms with Gasteiger partial charge >= 0.3 is 5.97 Å². The molecule has 0 amide bonds. The zero-order valence-electron chi connectivity index (χ0n) is 7.67. The number of aromatic nitrogens is 4. The molecule has 0 saturated carbocycles. The quantitative estimate of drug-likeness (QED) is 0.703. The van der Waals surface area contributed by atoms with Crippen molar-refractivity contribution in [3.63, 3.8) is 0 Å². The van der Waals surface area contributed by atoms with Crippen LogP contribution in [0.25, 0.3) is 5.78 Å². The molecule has 0 atom stereocenters. The highest BCUT2D eigenvalue weighted by Crippen LogP contribution is 1.97. The molecule has 7 heteroatoms. The van der Waals surface area contributed by atoms with Gasteiger partial charge in [0.15, 0.2) is 0 Å². The number of carbonyl (C=O) groups is 1. The Morgan fingerprint density at radius 2 is 2.40 bits per heavy atom. The van der Waals surface area contributed by atoms with E-state index < -0.39 is 5.97 Å². The van der Waals surface area contributed by atoms with Gasteiger partial charge in [-0.25, -0.2) is 4.98 Å². The van der Waals surface area contributed by atoms with Crippen LogP contribution in [-0.2, 0) is 11.2 Å². The number of nitrogens with zero attached hydrogens (tertiary/aromatic N) is 3. The number of aryl methyl sites for hydroxylation is 1. The van der Waals surface area contributed by atoms with Crippen LogP contribution in [0, 0.1) is 0 Å². The number of aromatic amines is 1. The van der Waals surface area contributed by atoms with E-state index in [4.69, 9.17) is 5.11 Å². The van der Waals surface area contributed by atoms with E-state index in [0.717, 1.165) is 0 Å². The molecule has 2 aromatic heterocycles. The molecule has 78 valence electrons. The van der Waals surface area contributed by atoms with Gasteiger partial charge in [-0.1, -0.05) is 0 Å². The Morgan fingerprint density at radius 1 is 1.60 bits per heavy atom. The number of carboxylic acid groups (broad SMARTS) is 1. The van der Waals surface area contributed by atoms with Crippen LogP contribution in [0.2, 0.25) is 0 Å². The molecular weight excluding hydrogens is 200 g/mol. The van der Waals surface area contributed by atoms with Crippen molar-refractivity contribution in [3.05, 3.63) is 28.4 Å². The molecule has 7 nitrogen and oxygen atoms in total. The van der Waals surface area contributed by atoms with Crippen LogP contribution in [0.4, 0.5) is 0 Å². The highest BCUT2D eigenvalue weighted by molar-refractivity contribution is 5.66. The second-order valence-corrected chi connectivity index (χ2v) is 2.98. The largest absolute Gasteiger partial charge is 0.481 e. The minimum Gasteiger partial charge on any atom is -0.481 e. The zero-order valence-corrected chi connectivity index (χ0v) is 7.67. The third-order valence-corrected chi connectivity index (χ3v) is 1.88. The third kappa shape index (κ3) is 1.85. The molecule has 2 N–H and O–H groups in total. The van der Waals surface area contributed by atoms with E-state index in [2.05, 4.69) is 15.1 Å². The van der Waals surface area contributed by atoms with E-state index in [1.807, 2.05) is 0 Å². The van der Waals surface area contributed by atoms with Gasteiger partial charge in [0.2, 0.25) is 0 Å². The first-order valence-corrected chi connectivity index (χ1v) is 4.31. The number of fused-ring (bicyclic) bond motifs is 1. The second kappa shape index (κ2) is 3.52. The van der Waals surface area contributed by atoms with Crippen molar-refractivity contribution in [1.82, 2.24) is 19.6 Å². The van der Waals surface area contributed by atoms with Crippen molar-refractivity contribution in [1.29, 1.82) is 0 Å². The van der Waals surface area contributed by atoms with Gasteiger partial charge in [0.05, 0.1) is 6.42 Å². The highest BCUT2D eigenvalue weighted by atomic mass is 16.4. The molecule has 0 radical (unpaired) electrons. The van der Waals surface area contributed by atoms with E-state index in [9.17, 15) is 9.59 Å². The Bertz CT molecular complexity index is 556. The van der Waals surface area contributed by atoms with E-state index in [-0.39, 0.29) is 24.2 Å². The van der Waals surface area contributed by atoms with E-state index >= 15 is 0 Å². The molecule has 0 aliphatic carbocycles. The molecule has 0 fully saturated rings. The summed E-state index contributed by atoms with van der Waals surface area (Å²) >= 11 is 0. The van der Waals surface area contributed by atoms with Gasteiger partial charge in [-0.15, -0.1) is 0 Å². The van der Waals surface area contributed by atoms with Crippen LogP contribution in [0.5, 0.6) is 0 Å². The fraction of sp³-hybridized carbons (Fsp3) is 0.250. The lowest BCUT2D eigenvalue weighted by atomic mass is 10.3. The molecule has 0 saturated heterocycles. The Labute approximate surface area is 83.4 Å². The standard InChI is InChI=1S/C8H8N4O3/c13-6-3-4-9-8-10-5(11-12(6)8)1-2-7(14)15/h3-4H,1-2H2,(H,14,15)(H,9,10,11). The summed E-state index contributed by atoms with van der Waals surface area (Å²) in [5, 5.41) is 11.2. The van der Waals surface area contributed by atoms with Crippen LogP contribution in [0.15, 0.2) is 17.1 Å². The van der Waals surface area contributed by atoms with Crippen LogP contribution < -0.4 is 5.56 Å². The van der Waals surface area contributed by atoms with E-state index in [1.165, 1.54) is 16.8 Å². The number of nitrogens with one attached hydrogen (secondary N) is 1. The van der Waals surface area contributed by atoms with Crippen LogP contribution in [0.1, 0.15) is 12.2 Å². The van der Waals surface area contributed by atoms with Gasteiger partial charge in [-0.2, -0.15) is 9.50 Å². The second-order valence-electron chi connectivity index (χ2n) is 2.98. The lowest BCUT2D eigenvalue weighted by Crippen LogP contribution is -2.12. The molecule has 0 unspecified atom stereocenters. The molecule has 0 bridgehead atoms. The highest BCUT2D eigenvalue weighted by Gasteiger charge is 2.06. The average molecular weight is 208 g/mol. The predicted octanol–water partition coefficient (Wildman–Crippen LogP) is -0.565. The molecule has 2 aromatic rings. The predicted molar refractivity (Wildman–Crippen MR) is 49.6 cm³/mol. The molecule has 15 heavy (non-hydrogen) atoms. The summed E-state index contributed by atoms with van der Waals surface area (Å²) in [6.45, 7) is 0. The van der Waals surface area contributed by atoms with Crippen molar-refractivity contribution in [2.75, 3.05) is 0 Å². The SMILES string of the molecule is O=C(O)CCc1nc2nccc(=O)n2[nH]1. The maximum atomic E-state index is 11.3. The number of H-pyrrole nitrogens is 1. The summed E-state index contributed by atoms with van der Waals surface area (Å²) in [6.07, 6.45) is 1.58. The lowest BCUT2D eigenvalue weighted by Gasteiger charge is -1.89. The van der Waals surface area contributed by atoms with E-state index in [1.54, 1.807) is 0 Å². The first-order valence-electron chi connectivity index (χ1n) is 4.31. The van der Waals surface area contributed by atoms with Gasteiger partial charge < -0.3 is 5.11 Å². The van der Waals surface area contributed by atoms with Crippen LogP contribution in [-0.4, -0.2) is 30.7 Å². The van der Waals surface area contributed by atoms with Gasteiger partial charge in [-0.05, 0) is 0 Å². The summed E-state index contributed by atoms with van der Waals surface area (Å²) in [5.74, 6) is -0.216. The zero-order chi connectivity index (χ0) is 10.8. The first kappa shape index (κ1) is 9.38. The smallest absolute Gasteiger partial charge is 0.303 e. The minimum atomic E-state index is -0.907. The number of hydrogen-bond donors (Lipinski definition) is 2. The average Bonchev–Trinajstić information content (AvgIpc) is 2.59. The Hall–Kier alpha value is -2.18. The normalized spacial score (nSPS) is 10.7. The Kier molecular flexibility index (Phi) is 2.20. The van der Waals surface area contributed by atoms with Crippen LogP contribution in [0.3, 0.4) is 0 Å². The van der Waals surface area contributed by atoms with Crippen molar-refractivity contribution in [2.24, 2.45) is 0 Å². The lowest BCUT2D eigenvalue weighted by molar-refractivity contribution is -0.137. The Balaban J connectivity index is 2.35. The third-order valence-electron chi connectivity index (χ3n) is 1.88. The van der Waals surface area contributed by atoms with Gasteiger partial charge in [0.1, 0.15) is 5.82 Å². The van der Waals surface area contributed by atoms with Gasteiger partial charge in [0.25, 0.3) is 11.3 Å². The van der Waals surface area contributed by atoms with Gasteiger partial charge in [-0.3, -0.25) is 14.7 Å². The van der Waals surface area contributed by atoms with Crippen LogP contribution >= 0.6 is 0 Å². The fourth-order valence-electron chi connectivity index (χ4n) is 1.19. The number of carboxylic acids is 1. The molecular formula is C8H8N4O3. The molecule has 2 rings (SSSR count). The van der Waals surface area contributed by atoms with Gasteiger partial charge in [0, 0.05) is 18.7 Å². The summed E-state index contributed by atoms with van der Waals surface area (Å²) in [4.78, 5) is 29.4. The first-order chi connectivity index (χ1) is 7.16. The maximum Gasteiger partial charge on any atom is 0.303 e. The monoisotopic (exact) mass is 208 g/mol. The fourth-order valence-corrected chi connectivity index (χ4v) is 1.19.